The monoisotopic (exact) mass is 214 g/mol. The minimum absolute atomic E-state index is 0.102. The first kappa shape index (κ1) is 10.6. The fourth-order valence-electron chi connectivity index (χ4n) is 1.72. The summed E-state index contributed by atoms with van der Waals surface area (Å²) in [5.41, 5.74) is 2.88. The van der Waals surface area contributed by atoms with Crippen LogP contribution in [0.3, 0.4) is 0 Å². The average Bonchev–Trinajstić information content (AvgIpc) is 2.64. The fourth-order valence-corrected chi connectivity index (χ4v) is 1.72. The summed E-state index contributed by atoms with van der Waals surface area (Å²) < 4.78 is 1.75. The predicted molar refractivity (Wildman–Crippen MR) is 62.4 cm³/mol. The highest BCUT2D eigenvalue weighted by molar-refractivity contribution is 5.95. The van der Waals surface area contributed by atoms with Crippen molar-refractivity contribution < 1.29 is 4.79 Å². The van der Waals surface area contributed by atoms with Crippen LogP contribution in [0.25, 0.3) is 0 Å². The number of aryl methyl sites for hydroxylation is 2. The normalized spacial score (nSPS) is 10.4. The average molecular weight is 214 g/mol. The van der Waals surface area contributed by atoms with Gasteiger partial charge in [-0.25, -0.2) is 4.98 Å². The molecule has 0 fully saturated rings. The number of hydrogen-bond acceptors (Lipinski definition) is 2. The van der Waals surface area contributed by atoms with Gasteiger partial charge in [0.2, 0.25) is 0 Å². The van der Waals surface area contributed by atoms with Crippen molar-refractivity contribution in [2.45, 2.75) is 13.3 Å². The maximum absolute atomic E-state index is 11.9. The van der Waals surface area contributed by atoms with E-state index in [1.54, 1.807) is 17.1 Å². The molecule has 2 aromatic rings. The molecule has 16 heavy (non-hydrogen) atoms. The Morgan fingerprint density at radius 1 is 1.44 bits per heavy atom. The van der Waals surface area contributed by atoms with Crippen molar-refractivity contribution in [2.75, 3.05) is 0 Å². The fraction of sp³-hybridized carbons (Fsp3) is 0.231. The SMILES string of the molecule is Cc1cccc(CC(=O)c2cncn2C)c1. The van der Waals surface area contributed by atoms with Gasteiger partial charge in [-0.05, 0) is 12.5 Å². The molecule has 3 nitrogen and oxygen atoms in total. The smallest absolute Gasteiger partial charge is 0.185 e. The Morgan fingerprint density at radius 2 is 2.25 bits per heavy atom. The number of rotatable bonds is 3. The number of Topliss-reactive ketones (excluding diaryl/α,β-unsaturated/α-hetero) is 1. The van der Waals surface area contributed by atoms with Gasteiger partial charge in [0.25, 0.3) is 0 Å². The van der Waals surface area contributed by atoms with E-state index in [-0.39, 0.29) is 5.78 Å². The van der Waals surface area contributed by atoms with Crippen molar-refractivity contribution in [2.24, 2.45) is 7.05 Å². The quantitative estimate of drug-likeness (QED) is 0.734. The molecular weight excluding hydrogens is 200 g/mol. The highest BCUT2D eigenvalue weighted by Gasteiger charge is 2.10. The Balaban J connectivity index is 2.17. The molecule has 0 atom stereocenters. The van der Waals surface area contributed by atoms with Crippen LogP contribution in [0.1, 0.15) is 21.6 Å². The van der Waals surface area contributed by atoms with Gasteiger partial charge in [-0.2, -0.15) is 0 Å². The van der Waals surface area contributed by atoms with Crippen LogP contribution in [0.15, 0.2) is 36.8 Å². The van der Waals surface area contributed by atoms with E-state index < -0.39 is 0 Å². The number of hydrogen-bond donors (Lipinski definition) is 0. The summed E-state index contributed by atoms with van der Waals surface area (Å²) in [7, 11) is 1.83. The number of imidazole rings is 1. The van der Waals surface area contributed by atoms with Gasteiger partial charge in [-0.15, -0.1) is 0 Å². The molecule has 0 radical (unpaired) electrons. The van der Waals surface area contributed by atoms with Gasteiger partial charge in [0.05, 0.1) is 12.5 Å². The van der Waals surface area contributed by atoms with Crippen molar-refractivity contribution in [3.63, 3.8) is 0 Å². The van der Waals surface area contributed by atoms with Crippen LogP contribution in [0.4, 0.5) is 0 Å². The zero-order chi connectivity index (χ0) is 11.5. The van der Waals surface area contributed by atoms with E-state index in [4.69, 9.17) is 0 Å². The van der Waals surface area contributed by atoms with Crippen LogP contribution < -0.4 is 0 Å². The number of aromatic nitrogens is 2. The third-order valence-electron chi connectivity index (χ3n) is 2.55. The molecule has 3 heteroatoms. The summed E-state index contributed by atoms with van der Waals surface area (Å²) in [6.45, 7) is 2.03. The second-order valence-corrected chi connectivity index (χ2v) is 3.98. The first-order valence-corrected chi connectivity index (χ1v) is 5.22. The number of nitrogens with zero attached hydrogens (tertiary/aromatic N) is 2. The van der Waals surface area contributed by atoms with Crippen LogP contribution in [-0.2, 0) is 13.5 Å². The Morgan fingerprint density at radius 3 is 2.88 bits per heavy atom. The summed E-state index contributed by atoms with van der Waals surface area (Å²) >= 11 is 0. The Bertz CT molecular complexity index is 514. The zero-order valence-corrected chi connectivity index (χ0v) is 9.47. The van der Waals surface area contributed by atoms with E-state index in [2.05, 4.69) is 4.98 Å². The minimum Gasteiger partial charge on any atom is -0.331 e. The first-order chi connectivity index (χ1) is 7.66. The number of ketones is 1. The second kappa shape index (κ2) is 4.31. The molecule has 0 aliphatic carbocycles. The van der Waals surface area contributed by atoms with E-state index in [0.717, 1.165) is 5.56 Å². The molecule has 0 aliphatic heterocycles. The van der Waals surface area contributed by atoms with Crippen molar-refractivity contribution >= 4 is 5.78 Å². The van der Waals surface area contributed by atoms with Gasteiger partial charge < -0.3 is 4.57 Å². The third kappa shape index (κ3) is 2.19. The van der Waals surface area contributed by atoms with Gasteiger partial charge in [-0.1, -0.05) is 29.8 Å². The number of carbonyl (C=O) groups excluding carboxylic acids is 1. The number of benzene rings is 1. The molecule has 0 saturated carbocycles. The molecule has 0 N–H and O–H groups in total. The lowest BCUT2D eigenvalue weighted by atomic mass is 10.1. The predicted octanol–water partition coefficient (Wildman–Crippen LogP) is 2.15. The molecule has 1 aromatic carbocycles. The molecule has 1 heterocycles. The number of carbonyl (C=O) groups is 1. The summed E-state index contributed by atoms with van der Waals surface area (Å²) in [5, 5.41) is 0. The van der Waals surface area contributed by atoms with Gasteiger partial charge in [0, 0.05) is 13.5 Å². The lowest BCUT2D eigenvalue weighted by Crippen LogP contribution is -2.08. The van der Waals surface area contributed by atoms with Crippen LogP contribution in [0.5, 0.6) is 0 Å². The molecule has 0 spiro atoms. The minimum atomic E-state index is 0.102. The Labute approximate surface area is 94.7 Å². The van der Waals surface area contributed by atoms with Crippen molar-refractivity contribution in [3.8, 4) is 0 Å². The standard InChI is InChI=1S/C13H14N2O/c1-10-4-3-5-11(6-10)7-13(16)12-8-14-9-15(12)2/h3-6,8-9H,7H2,1-2H3. The molecule has 0 unspecified atom stereocenters. The largest absolute Gasteiger partial charge is 0.331 e. The van der Waals surface area contributed by atoms with Gasteiger partial charge in [0.1, 0.15) is 5.69 Å². The third-order valence-corrected chi connectivity index (χ3v) is 2.55. The molecule has 82 valence electrons. The summed E-state index contributed by atoms with van der Waals surface area (Å²) in [6.07, 6.45) is 3.68. The molecule has 0 amide bonds. The van der Waals surface area contributed by atoms with Crippen molar-refractivity contribution in [3.05, 3.63) is 53.6 Å². The van der Waals surface area contributed by atoms with Gasteiger partial charge >= 0.3 is 0 Å². The molecule has 0 saturated heterocycles. The van der Waals surface area contributed by atoms with Crippen molar-refractivity contribution in [1.29, 1.82) is 0 Å². The molecular formula is C13H14N2O. The van der Waals surface area contributed by atoms with Crippen LogP contribution in [0.2, 0.25) is 0 Å². The maximum atomic E-state index is 11.9. The van der Waals surface area contributed by atoms with E-state index in [1.807, 2.05) is 38.2 Å². The van der Waals surface area contributed by atoms with Gasteiger partial charge in [-0.3, -0.25) is 4.79 Å². The van der Waals surface area contributed by atoms with Crippen LogP contribution in [0, 0.1) is 6.92 Å². The zero-order valence-electron chi connectivity index (χ0n) is 9.47. The lowest BCUT2D eigenvalue weighted by Gasteiger charge is -2.02. The van der Waals surface area contributed by atoms with Crippen LogP contribution in [-0.4, -0.2) is 15.3 Å². The van der Waals surface area contributed by atoms with Gasteiger partial charge in [0.15, 0.2) is 5.78 Å². The molecule has 2 rings (SSSR count). The summed E-state index contributed by atoms with van der Waals surface area (Å²) in [6, 6.07) is 8.01. The Hall–Kier alpha value is -1.90. The second-order valence-electron chi connectivity index (χ2n) is 3.98. The lowest BCUT2D eigenvalue weighted by molar-refractivity contribution is 0.0985. The summed E-state index contributed by atoms with van der Waals surface area (Å²) in [4.78, 5) is 15.9. The summed E-state index contributed by atoms with van der Waals surface area (Å²) in [5.74, 6) is 0.102. The molecule has 1 aromatic heterocycles. The van der Waals surface area contributed by atoms with E-state index in [9.17, 15) is 4.79 Å². The topological polar surface area (TPSA) is 34.9 Å². The van der Waals surface area contributed by atoms with E-state index in [1.165, 1.54) is 5.56 Å². The Kier molecular flexibility index (Phi) is 2.86. The highest BCUT2D eigenvalue weighted by Crippen LogP contribution is 2.08. The molecule has 0 bridgehead atoms. The van der Waals surface area contributed by atoms with Crippen molar-refractivity contribution in [1.82, 2.24) is 9.55 Å². The first-order valence-electron chi connectivity index (χ1n) is 5.22. The highest BCUT2D eigenvalue weighted by atomic mass is 16.1. The van der Waals surface area contributed by atoms with E-state index in [0.29, 0.717) is 12.1 Å². The van der Waals surface area contributed by atoms with E-state index >= 15 is 0 Å². The van der Waals surface area contributed by atoms with Crippen LogP contribution >= 0.6 is 0 Å². The molecule has 0 aliphatic rings. The maximum Gasteiger partial charge on any atom is 0.185 e.